The Balaban J connectivity index is 1.10. The molecule has 2 atom stereocenters. The number of hydrogen-bond donors (Lipinski definition) is 1. The topological polar surface area (TPSA) is 132 Å². The molecular weight excluding hydrogens is 746 g/mol. The summed E-state index contributed by atoms with van der Waals surface area (Å²) in [5, 5.41) is 3.36. The van der Waals surface area contributed by atoms with Gasteiger partial charge in [-0.3, -0.25) is 19.3 Å². The average molecular weight is 808 g/mol. The molecule has 13 nitrogen and oxygen atoms in total. The van der Waals surface area contributed by atoms with E-state index in [4.69, 9.17) is 18.9 Å². The summed E-state index contributed by atoms with van der Waals surface area (Å²) in [4.78, 5) is 58.5. The van der Waals surface area contributed by atoms with Crippen LogP contribution >= 0.6 is 0 Å². The Kier molecular flexibility index (Phi) is 16.1. The third-order valence-electron chi connectivity index (χ3n) is 11.0. The summed E-state index contributed by atoms with van der Waals surface area (Å²) in [5.74, 6) is -1.24. The van der Waals surface area contributed by atoms with Gasteiger partial charge in [-0.25, -0.2) is 9.18 Å². The number of rotatable bonds is 17. The molecule has 58 heavy (non-hydrogen) atoms. The second kappa shape index (κ2) is 20.9. The number of carbonyl (C=O) groups is 4. The first-order valence-electron chi connectivity index (χ1n) is 20.6. The van der Waals surface area contributed by atoms with Crippen molar-refractivity contribution in [3.8, 4) is 0 Å². The number of likely N-dealkylation sites (N-methyl/N-ethyl adjacent to an activating group) is 1. The monoisotopic (exact) mass is 807 g/mol. The van der Waals surface area contributed by atoms with Crippen molar-refractivity contribution in [3.05, 3.63) is 71.2 Å². The number of piperazine rings is 1. The number of fused-ring (bicyclic) bond motifs is 1. The van der Waals surface area contributed by atoms with Crippen molar-refractivity contribution in [2.75, 3.05) is 66.3 Å². The van der Waals surface area contributed by atoms with E-state index >= 15 is 4.39 Å². The first-order chi connectivity index (χ1) is 27.7. The lowest BCUT2D eigenvalue weighted by molar-refractivity contribution is -0.140. The zero-order chi connectivity index (χ0) is 41.8. The van der Waals surface area contributed by atoms with E-state index in [0.717, 1.165) is 37.7 Å². The molecule has 1 N–H and O–H groups in total. The Morgan fingerprint density at radius 3 is 2.14 bits per heavy atom. The van der Waals surface area contributed by atoms with Crippen LogP contribution in [0.3, 0.4) is 0 Å². The average Bonchev–Trinajstić information content (AvgIpc) is 3.46. The van der Waals surface area contributed by atoms with Gasteiger partial charge < -0.3 is 38.6 Å². The van der Waals surface area contributed by atoms with Gasteiger partial charge in [0.05, 0.1) is 50.9 Å². The highest BCUT2D eigenvalue weighted by molar-refractivity contribution is 5.99. The lowest BCUT2D eigenvalue weighted by Gasteiger charge is -2.39. The second-order valence-corrected chi connectivity index (χ2v) is 16.3. The maximum atomic E-state index is 15.5. The Morgan fingerprint density at radius 2 is 1.48 bits per heavy atom. The van der Waals surface area contributed by atoms with E-state index < -0.39 is 29.7 Å². The summed E-state index contributed by atoms with van der Waals surface area (Å²) in [7, 11) is 1.51. The number of benzene rings is 2. The van der Waals surface area contributed by atoms with Gasteiger partial charge in [-0.1, -0.05) is 49.6 Å². The fourth-order valence-electron chi connectivity index (χ4n) is 7.52. The highest BCUT2D eigenvalue weighted by Gasteiger charge is 2.38. The first-order valence-corrected chi connectivity index (χ1v) is 20.6. The molecule has 1 aromatic heterocycles. The third kappa shape index (κ3) is 12.0. The van der Waals surface area contributed by atoms with Gasteiger partial charge in [-0.2, -0.15) is 0 Å². The lowest BCUT2D eigenvalue weighted by atomic mass is 9.83. The maximum Gasteiger partial charge on any atom is 0.410 e. The van der Waals surface area contributed by atoms with Crippen molar-refractivity contribution in [1.82, 2.24) is 24.6 Å². The molecule has 1 saturated heterocycles. The fraction of sp³-hybridized carbons (Fsp3) is 0.591. The number of ether oxygens (including phenoxy) is 4. The molecule has 2 fully saturated rings. The number of hydrogen-bond acceptors (Lipinski definition) is 8. The van der Waals surface area contributed by atoms with Gasteiger partial charge in [0.2, 0.25) is 11.8 Å². The minimum atomic E-state index is -0.855. The van der Waals surface area contributed by atoms with E-state index in [1.54, 1.807) is 62.6 Å². The zero-order valence-electron chi connectivity index (χ0n) is 35.1. The highest BCUT2D eigenvalue weighted by Crippen LogP contribution is 2.29. The first kappa shape index (κ1) is 44.6. The minimum absolute atomic E-state index is 0.0251. The molecule has 2 aromatic carbocycles. The van der Waals surface area contributed by atoms with Crippen LogP contribution in [0.4, 0.5) is 9.18 Å². The molecule has 14 heteroatoms. The molecule has 1 aliphatic heterocycles. The molecule has 5 rings (SSSR count). The van der Waals surface area contributed by atoms with Gasteiger partial charge in [0.25, 0.3) is 5.91 Å². The molecule has 1 saturated carbocycles. The van der Waals surface area contributed by atoms with E-state index in [1.807, 2.05) is 34.9 Å². The maximum absolute atomic E-state index is 15.5. The van der Waals surface area contributed by atoms with Gasteiger partial charge in [-0.15, -0.1) is 0 Å². The van der Waals surface area contributed by atoms with E-state index in [2.05, 4.69) is 5.32 Å². The lowest BCUT2D eigenvalue weighted by Crippen LogP contribution is -2.59. The van der Waals surface area contributed by atoms with Crippen LogP contribution in [0, 0.1) is 18.7 Å². The quantitative estimate of drug-likeness (QED) is 0.166. The van der Waals surface area contributed by atoms with Crippen LogP contribution in [0.5, 0.6) is 0 Å². The van der Waals surface area contributed by atoms with E-state index in [-0.39, 0.29) is 23.5 Å². The van der Waals surface area contributed by atoms with Crippen molar-refractivity contribution in [2.24, 2.45) is 5.92 Å². The predicted molar refractivity (Wildman–Crippen MR) is 219 cm³/mol. The second-order valence-electron chi connectivity index (χ2n) is 16.3. The van der Waals surface area contributed by atoms with Crippen molar-refractivity contribution in [2.45, 2.75) is 97.6 Å². The van der Waals surface area contributed by atoms with Crippen LogP contribution in [0.15, 0.2) is 48.5 Å². The van der Waals surface area contributed by atoms with Crippen molar-refractivity contribution < 1.29 is 42.5 Å². The Labute approximate surface area is 342 Å². The molecule has 3 aromatic rings. The summed E-state index contributed by atoms with van der Waals surface area (Å²) in [6, 6.07) is 13.5. The summed E-state index contributed by atoms with van der Waals surface area (Å²) < 4.78 is 39.8. The molecule has 0 unspecified atom stereocenters. The van der Waals surface area contributed by atoms with Gasteiger partial charge in [0.15, 0.2) is 5.82 Å². The van der Waals surface area contributed by atoms with Gasteiger partial charge in [-0.05, 0) is 77.1 Å². The van der Waals surface area contributed by atoms with Gasteiger partial charge >= 0.3 is 6.09 Å². The molecular formula is C44H62FN5O8. The molecule has 4 amide bonds. The molecule has 0 bridgehead atoms. The Morgan fingerprint density at radius 1 is 0.862 bits per heavy atom. The Hall–Kier alpha value is -4.53. The Bertz CT molecular complexity index is 1830. The van der Waals surface area contributed by atoms with E-state index in [0.29, 0.717) is 94.5 Å². The van der Waals surface area contributed by atoms with Crippen LogP contribution in [0.1, 0.15) is 81.4 Å². The molecule has 1 aliphatic carbocycles. The van der Waals surface area contributed by atoms with E-state index in [1.165, 1.54) is 11.9 Å². The third-order valence-corrected chi connectivity index (χ3v) is 11.0. The summed E-state index contributed by atoms with van der Waals surface area (Å²) >= 11 is 0. The molecule has 2 heterocycles. The number of nitrogens with one attached hydrogen (secondary N) is 1. The minimum Gasteiger partial charge on any atom is -0.444 e. The normalized spacial score (nSPS) is 16.3. The van der Waals surface area contributed by atoms with Crippen LogP contribution in [-0.2, 0) is 41.7 Å². The van der Waals surface area contributed by atoms with Crippen molar-refractivity contribution in [3.63, 3.8) is 0 Å². The molecule has 2 aliphatic rings. The number of halogens is 1. The summed E-state index contributed by atoms with van der Waals surface area (Å²) in [6.45, 7) is 13.0. The molecule has 0 radical (unpaired) electrons. The van der Waals surface area contributed by atoms with Crippen LogP contribution in [0.2, 0.25) is 0 Å². The van der Waals surface area contributed by atoms with Crippen molar-refractivity contribution in [1.29, 1.82) is 0 Å². The standard InChI is InChI=1S/C44H62FN5O8/c1-31-38(45)36-29-35(17-18-37(36)50(31)23-24-55-25-26-56-27-28-57-30-33-13-9-7-10-14-33)41(52)48-19-21-49(22-20-48)42(53)39(34-15-11-8-12-16-34)46-40(51)32(2)47(6)43(54)58-44(3,4)5/h7,9-10,13-14,17-18,29,32,34,39H,8,11-12,15-16,19-28,30H2,1-6H3,(H,46,51)/t32-,39-/m0/s1. The number of nitrogens with zero attached hydrogens (tertiary/aromatic N) is 4. The molecule has 0 spiro atoms. The van der Waals surface area contributed by atoms with Crippen LogP contribution in [-0.4, -0.2) is 127 Å². The number of amides is 4. The SMILES string of the molecule is Cc1c(F)c2cc(C(=O)N3CCN(C(=O)[C@@H](NC(=O)[C@H](C)N(C)C(=O)OC(C)(C)C)C4CCCCC4)CC3)ccc2n1CCOCCOCCOCc1ccccc1. The number of carbonyl (C=O) groups excluding carboxylic acids is 4. The van der Waals surface area contributed by atoms with Gasteiger partial charge in [0.1, 0.15) is 17.7 Å². The smallest absolute Gasteiger partial charge is 0.410 e. The zero-order valence-corrected chi connectivity index (χ0v) is 35.1. The van der Waals surface area contributed by atoms with Gasteiger partial charge in [0, 0.05) is 50.7 Å². The predicted octanol–water partition coefficient (Wildman–Crippen LogP) is 5.94. The molecule has 318 valence electrons. The number of aromatic nitrogens is 1. The van der Waals surface area contributed by atoms with Crippen LogP contribution < -0.4 is 5.32 Å². The van der Waals surface area contributed by atoms with Crippen molar-refractivity contribution >= 4 is 34.7 Å². The highest BCUT2D eigenvalue weighted by atomic mass is 19.1. The fourth-order valence-corrected chi connectivity index (χ4v) is 7.52. The van der Waals surface area contributed by atoms with E-state index in [9.17, 15) is 19.2 Å². The summed E-state index contributed by atoms with van der Waals surface area (Å²) in [5.41, 5.74) is 1.92. The summed E-state index contributed by atoms with van der Waals surface area (Å²) in [6.07, 6.45) is 4.06. The van der Waals surface area contributed by atoms with Crippen LogP contribution in [0.25, 0.3) is 10.9 Å². The largest absolute Gasteiger partial charge is 0.444 e.